The maximum absolute atomic E-state index is 11.9. The van der Waals surface area contributed by atoms with Crippen molar-refractivity contribution in [2.24, 2.45) is 5.73 Å². The zero-order chi connectivity index (χ0) is 19.5. The molecule has 3 rings (SSSR count). The normalized spacial score (nSPS) is 25.2. The Bertz CT molecular complexity index is 623. The van der Waals surface area contributed by atoms with Gasteiger partial charge in [-0.1, -0.05) is 25.0 Å². The molecule has 2 atom stereocenters. The van der Waals surface area contributed by atoms with Gasteiger partial charge in [-0.15, -0.1) is 0 Å². The van der Waals surface area contributed by atoms with Gasteiger partial charge < -0.3 is 21.1 Å². The summed E-state index contributed by atoms with van der Waals surface area (Å²) in [6, 6.07) is 8.95. The molecule has 1 aromatic carbocycles. The van der Waals surface area contributed by atoms with Crippen molar-refractivity contribution in [3.8, 4) is 0 Å². The predicted molar refractivity (Wildman–Crippen MR) is 109 cm³/mol. The van der Waals surface area contributed by atoms with Crippen molar-refractivity contribution in [3.63, 3.8) is 0 Å². The molecule has 1 heterocycles. The number of amides is 1. The van der Waals surface area contributed by atoms with Crippen LogP contribution in [0.15, 0.2) is 24.3 Å². The third-order valence-electron chi connectivity index (χ3n) is 5.35. The fraction of sp³-hybridized carbons (Fsp3) is 0.667. The van der Waals surface area contributed by atoms with Gasteiger partial charge in [0, 0.05) is 36.4 Å². The number of nitrogens with one attached hydrogen (secondary N) is 3. The highest BCUT2D eigenvalue weighted by Crippen LogP contribution is 2.23. The van der Waals surface area contributed by atoms with E-state index in [0.29, 0.717) is 12.1 Å². The molecule has 1 amide bonds. The predicted octanol–water partition coefficient (Wildman–Crippen LogP) is 2.78. The van der Waals surface area contributed by atoms with Crippen LogP contribution >= 0.6 is 0 Å². The molecule has 0 aromatic heterocycles. The maximum Gasteiger partial charge on any atom is 0.412 e. The van der Waals surface area contributed by atoms with E-state index in [1.54, 1.807) is 0 Å². The number of rotatable bonds is 3. The van der Waals surface area contributed by atoms with Crippen molar-refractivity contribution in [3.05, 3.63) is 29.8 Å². The second-order valence-electron chi connectivity index (χ2n) is 9.12. The quantitative estimate of drug-likeness (QED) is 0.653. The molecule has 1 saturated heterocycles. The standard InChI is InChI=1S/C21H34N4O2/c1-20(2,3)27-19(26)25-16-10-8-15(9-11-16)12-21(22)13-23-17-6-4-5-7-18(17)24-14-21/h8-11,17-18,23-24H,4-7,12-14,22H2,1-3H3,(H,25,26)/t17-,18-/m1/s1. The molecular formula is C21H34N4O2. The minimum atomic E-state index is -0.507. The number of fused-ring (bicyclic) bond motifs is 1. The topological polar surface area (TPSA) is 88.4 Å². The van der Waals surface area contributed by atoms with Crippen LogP contribution in [0.2, 0.25) is 0 Å². The highest BCUT2D eigenvalue weighted by Gasteiger charge is 2.34. The van der Waals surface area contributed by atoms with Crippen LogP contribution in [0.25, 0.3) is 0 Å². The average molecular weight is 375 g/mol. The van der Waals surface area contributed by atoms with Crippen molar-refractivity contribution < 1.29 is 9.53 Å². The van der Waals surface area contributed by atoms with Gasteiger partial charge in [-0.25, -0.2) is 4.79 Å². The smallest absolute Gasteiger partial charge is 0.412 e. The summed E-state index contributed by atoms with van der Waals surface area (Å²) >= 11 is 0. The highest BCUT2D eigenvalue weighted by molar-refractivity contribution is 5.84. The van der Waals surface area contributed by atoms with E-state index in [-0.39, 0.29) is 5.54 Å². The Morgan fingerprint density at radius 2 is 1.70 bits per heavy atom. The zero-order valence-electron chi connectivity index (χ0n) is 16.8. The Labute approximate surface area is 162 Å². The molecule has 150 valence electrons. The van der Waals surface area contributed by atoms with Crippen LogP contribution in [-0.2, 0) is 11.2 Å². The molecule has 2 aliphatic rings. The van der Waals surface area contributed by atoms with Crippen LogP contribution in [0.1, 0.15) is 52.0 Å². The molecule has 27 heavy (non-hydrogen) atoms. The average Bonchev–Trinajstić information content (AvgIpc) is 2.75. The zero-order valence-corrected chi connectivity index (χ0v) is 16.8. The monoisotopic (exact) mass is 374 g/mol. The lowest BCUT2D eigenvalue weighted by molar-refractivity contribution is 0.0636. The van der Waals surface area contributed by atoms with Gasteiger partial charge in [0.1, 0.15) is 5.60 Å². The molecule has 2 fully saturated rings. The number of nitrogens with two attached hydrogens (primary N) is 1. The number of hydrogen-bond acceptors (Lipinski definition) is 5. The molecule has 6 nitrogen and oxygen atoms in total. The number of hydrogen-bond donors (Lipinski definition) is 4. The van der Waals surface area contributed by atoms with E-state index in [1.807, 2.05) is 45.0 Å². The summed E-state index contributed by atoms with van der Waals surface area (Å²) < 4.78 is 5.28. The van der Waals surface area contributed by atoms with Crippen LogP contribution in [0.5, 0.6) is 0 Å². The van der Waals surface area contributed by atoms with Gasteiger partial charge in [0.2, 0.25) is 0 Å². The molecule has 1 aromatic rings. The largest absolute Gasteiger partial charge is 0.444 e. The number of anilines is 1. The van der Waals surface area contributed by atoms with Crippen LogP contribution in [0.4, 0.5) is 10.5 Å². The number of benzene rings is 1. The molecule has 1 aliphatic heterocycles. The van der Waals surface area contributed by atoms with Crippen LogP contribution in [0, 0.1) is 0 Å². The fourth-order valence-corrected chi connectivity index (χ4v) is 4.01. The lowest BCUT2D eigenvalue weighted by atomic mass is 9.91. The van der Waals surface area contributed by atoms with Crippen molar-refractivity contribution in [2.45, 2.75) is 76.1 Å². The first-order chi connectivity index (χ1) is 12.7. The van der Waals surface area contributed by atoms with Gasteiger partial charge in [-0.3, -0.25) is 5.32 Å². The Balaban J connectivity index is 1.56. The van der Waals surface area contributed by atoms with Crippen molar-refractivity contribution in [1.29, 1.82) is 0 Å². The minimum absolute atomic E-state index is 0.308. The summed E-state index contributed by atoms with van der Waals surface area (Å²) in [6.45, 7) is 7.18. The van der Waals surface area contributed by atoms with Gasteiger partial charge in [0.05, 0.1) is 0 Å². The Kier molecular flexibility index (Phi) is 6.08. The Morgan fingerprint density at radius 3 is 2.22 bits per heavy atom. The lowest BCUT2D eigenvalue weighted by Gasteiger charge is -2.30. The van der Waals surface area contributed by atoms with Crippen LogP contribution < -0.4 is 21.7 Å². The van der Waals surface area contributed by atoms with Gasteiger partial charge in [-0.2, -0.15) is 0 Å². The van der Waals surface area contributed by atoms with E-state index in [4.69, 9.17) is 10.5 Å². The summed E-state index contributed by atoms with van der Waals surface area (Å²) in [6.07, 6.45) is 5.43. The number of carbonyl (C=O) groups excluding carboxylic acids is 1. The SMILES string of the molecule is CC(C)(C)OC(=O)Nc1ccc(CC2(N)CN[C@@H]3CCCC[C@H]3NC2)cc1. The Hall–Kier alpha value is -1.63. The second kappa shape index (κ2) is 8.17. The highest BCUT2D eigenvalue weighted by atomic mass is 16.6. The second-order valence-corrected chi connectivity index (χ2v) is 9.12. The summed E-state index contributed by atoms with van der Waals surface area (Å²) in [5.74, 6) is 0. The first-order valence-electron chi connectivity index (χ1n) is 10.1. The molecule has 0 radical (unpaired) electrons. The molecule has 1 saturated carbocycles. The molecular weight excluding hydrogens is 340 g/mol. The van der Waals surface area contributed by atoms with Gasteiger partial charge >= 0.3 is 6.09 Å². The van der Waals surface area contributed by atoms with E-state index in [1.165, 1.54) is 31.2 Å². The van der Waals surface area contributed by atoms with Crippen LogP contribution in [0.3, 0.4) is 0 Å². The molecule has 5 N–H and O–H groups in total. The van der Waals surface area contributed by atoms with Gasteiger partial charge in [-0.05, 0) is 57.7 Å². The number of carbonyl (C=O) groups is 1. The molecule has 6 heteroatoms. The van der Waals surface area contributed by atoms with E-state index in [2.05, 4.69) is 16.0 Å². The molecule has 0 bridgehead atoms. The molecule has 0 spiro atoms. The third kappa shape index (κ3) is 5.92. The molecule has 0 unspecified atom stereocenters. The van der Waals surface area contributed by atoms with E-state index in [9.17, 15) is 4.79 Å². The van der Waals surface area contributed by atoms with Crippen molar-refractivity contribution in [1.82, 2.24) is 10.6 Å². The first-order valence-corrected chi connectivity index (χ1v) is 10.1. The van der Waals surface area contributed by atoms with Gasteiger partial charge in [0.25, 0.3) is 0 Å². The minimum Gasteiger partial charge on any atom is -0.444 e. The Morgan fingerprint density at radius 1 is 1.15 bits per heavy atom. The maximum atomic E-state index is 11.9. The lowest BCUT2D eigenvalue weighted by Crippen LogP contribution is -2.55. The summed E-state index contributed by atoms with van der Waals surface area (Å²) in [4.78, 5) is 11.9. The van der Waals surface area contributed by atoms with Gasteiger partial charge in [0.15, 0.2) is 0 Å². The fourth-order valence-electron chi connectivity index (χ4n) is 4.01. The third-order valence-corrected chi connectivity index (χ3v) is 5.35. The summed E-state index contributed by atoms with van der Waals surface area (Å²) in [7, 11) is 0. The molecule has 1 aliphatic carbocycles. The van der Waals surface area contributed by atoms with E-state index in [0.717, 1.165) is 25.2 Å². The van der Waals surface area contributed by atoms with Crippen molar-refractivity contribution in [2.75, 3.05) is 18.4 Å². The van der Waals surface area contributed by atoms with Crippen LogP contribution in [-0.4, -0.2) is 42.4 Å². The van der Waals surface area contributed by atoms with Crippen molar-refractivity contribution >= 4 is 11.8 Å². The first kappa shape index (κ1) is 20.1. The number of ether oxygens (including phenoxy) is 1. The van der Waals surface area contributed by atoms with E-state index < -0.39 is 11.7 Å². The summed E-state index contributed by atoms with van der Waals surface area (Å²) in [5.41, 5.74) is 7.79. The van der Waals surface area contributed by atoms with E-state index >= 15 is 0 Å². The summed E-state index contributed by atoms with van der Waals surface area (Å²) in [5, 5.41) is 10.2.